The zero-order valence-electron chi connectivity index (χ0n) is 17.4. The highest BCUT2D eigenvalue weighted by Crippen LogP contribution is 2.22. The highest BCUT2D eigenvalue weighted by molar-refractivity contribution is 5.93. The van der Waals surface area contributed by atoms with Gasteiger partial charge in [-0.3, -0.25) is 9.78 Å². The summed E-state index contributed by atoms with van der Waals surface area (Å²) in [5, 5.41) is 6.85. The largest absolute Gasteiger partial charge is 0.355 e. The van der Waals surface area contributed by atoms with E-state index in [2.05, 4.69) is 15.5 Å². The fourth-order valence-corrected chi connectivity index (χ4v) is 3.73. The van der Waals surface area contributed by atoms with Crippen molar-refractivity contribution in [2.45, 2.75) is 12.8 Å². The molecule has 2 aromatic heterocycles. The van der Waals surface area contributed by atoms with Crippen molar-refractivity contribution in [3.63, 3.8) is 0 Å². The minimum Gasteiger partial charge on any atom is -0.355 e. The van der Waals surface area contributed by atoms with Gasteiger partial charge in [0.25, 0.3) is 5.91 Å². The molecular formula is C23H25N5O3. The lowest BCUT2D eigenvalue weighted by molar-refractivity contribution is 0.0738. The molecular weight excluding hydrogens is 394 g/mol. The van der Waals surface area contributed by atoms with E-state index in [9.17, 15) is 9.59 Å². The molecule has 8 nitrogen and oxygen atoms in total. The second kappa shape index (κ2) is 9.42. The van der Waals surface area contributed by atoms with Gasteiger partial charge in [-0.1, -0.05) is 23.4 Å². The minimum atomic E-state index is -0.178. The first-order chi connectivity index (χ1) is 15.1. The summed E-state index contributed by atoms with van der Waals surface area (Å²) in [4.78, 5) is 32.7. The molecule has 0 aliphatic carbocycles. The summed E-state index contributed by atoms with van der Waals surface area (Å²) in [5.41, 5.74) is 1.84. The number of anilines is 1. The van der Waals surface area contributed by atoms with Gasteiger partial charge in [-0.15, -0.1) is 0 Å². The van der Waals surface area contributed by atoms with Gasteiger partial charge in [0, 0.05) is 56.4 Å². The predicted molar refractivity (Wildman–Crippen MR) is 116 cm³/mol. The van der Waals surface area contributed by atoms with E-state index < -0.39 is 0 Å². The van der Waals surface area contributed by atoms with Crippen LogP contribution in [0.15, 0.2) is 65.4 Å². The Labute approximate surface area is 180 Å². The Morgan fingerprint density at radius 2 is 1.94 bits per heavy atom. The van der Waals surface area contributed by atoms with Crippen molar-refractivity contribution < 1.29 is 14.1 Å². The number of carbonyl (C=O) groups is 2. The Balaban J connectivity index is 1.27. The first kappa shape index (κ1) is 20.6. The van der Waals surface area contributed by atoms with Crippen LogP contribution >= 0.6 is 0 Å². The van der Waals surface area contributed by atoms with Crippen molar-refractivity contribution in [2.24, 2.45) is 5.92 Å². The smallest absolute Gasteiger partial charge is 0.321 e. The molecule has 0 spiro atoms. The summed E-state index contributed by atoms with van der Waals surface area (Å²) in [6.45, 7) is 1.95. The van der Waals surface area contributed by atoms with Gasteiger partial charge in [-0.05, 0) is 43.0 Å². The quantitative estimate of drug-likeness (QED) is 0.680. The number of urea groups is 1. The fraction of sp³-hybridized carbons (Fsp3) is 0.304. The van der Waals surface area contributed by atoms with E-state index in [1.165, 1.54) is 0 Å². The molecule has 160 valence electrons. The maximum Gasteiger partial charge on any atom is 0.321 e. The second-order valence-corrected chi connectivity index (χ2v) is 7.73. The van der Waals surface area contributed by atoms with E-state index in [1.54, 1.807) is 36.5 Å². The van der Waals surface area contributed by atoms with Crippen LogP contribution < -0.4 is 5.32 Å². The molecule has 1 aromatic carbocycles. The Bertz CT molecular complexity index is 1010. The minimum absolute atomic E-state index is 0.0837. The monoisotopic (exact) mass is 419 g/mol. The van der Waals surface area contributed by atoms with E-state index >= 15 is 0 Å². The zero-order chi connectivity index (χ0) is 21.6. The zero-order valence-corrected chi connectivity index (χ0v) is 17.4. The molecule has 1 fully saturated rings. The standard InChI is InChI=1S/C23H25N5O3/c1-27(22(29)20-14-21(31-26-20)18-6-5-11-24-15-18)16-17-9-12-28(13-10-17)23(30)25-19-7-3-2-4-8-19/h2-8,11,14-15,17H,9-10,12-13,16H2,1H3,(H,25,30). The van der Waals surface area contributed by atoms with Crippen LogP contribution in [-0.4, -0.2) is 58.6 Å². The van der Waals surface area contributed by atoms with Gasteiger partial charge in [0.2, 0.25) is 0 Å². The molecule has 0 bridgehead atoms. The molecule has 1 aliphatic rings. The van der Waals surface area contributed by atoms with Crippen LogP contribution in [0.3, 0.4) is 0 Å². The molecule has 4 rings (SSSR count). The maximum absolute atomic E-state index is 12.8. The van der Waals surface area contributed by atoms with Crippen LogP contribution in [0.2, 0.25) is 0 Å². The third-order valence-corrected chi connectivity index (χ3v) is 5.48. The molecule has 0 radical (unpaired) electrons. The number of rotatable bonds is 5. The molecule has 8 heteroatoms. The number of para-hydroxylation sites is 1. The number of hydrogen-bond acceptors (Lipinski definition) is 5. The summed E-state index contributed by atoms with van der Waals surface area (Å²) in [6, 6.07) is 14.7. The number of likely N-dealkylation sites (tertiary alicyclic amines) is 1. The van der Waals surface area contributed by atoms with Gasteiger partial charge in [-0.25, -0.2) is 4.79 Å². The van der Waals surface area contributed by atoms with Crippen molar-refractivity contribution in [3.8, 4) is 11.3 Å². The molecule has 0 atom stereocenters. The van der Waals surface area contributed by atoms with Crippen molar-refractivity contribution >= 4 is 17.6 Å². The molecule has 3 aromatic rings. The molecule has 0 saturated carbocycles. The number of pyridine rings is 1. The van der Waals surface area contributed by atoms with Crippen LogP contribution in [0, 0.1) is 5.92 Å². The van der Waals surface area contributed by atoms with Gasteiger partial charge in [0.15, 0.2) is 11.5 Å². The second-order valence-electron chi connectivity index (χ2n) is 7.73. The van der Waals surface area contributed by atoms with Crippen LogP contribution in [0.5, 0.6) is 0 Å². The number of hydrogen-bond donors (Lipinski definition) is 1. The fourth-order valence-electron chi connectivity index (χ4n) is 3.73. The summed E-state index contributed by atoms with van der Waals surface area (Å²) >= 11 is 0. The number of amides is 3. The van der Waals surface area contributed by atoms with Gasteiger partial charge >= 0.3 is 6.03 Å². The van der Waals surface area contributed by atoms with Gasteiger partial charge in [0.05, 0.1) is 0 Å². The van der Waals surface area contributed by atoms with E-state index in [0.717, 1.165) is 24.1 Å². The van der Waals surface area contributed by atoms with Crippen molar-refractivity contribution in [3.05, 3.63) is 66.6 Å². The Morgan fingerprint density at radius 3 is 2.65 bits per heavy atom. The number of piperidine rings is 1. The van der Waals surface area contributed by atoms with E-state index in [4.69, 9.17) is 4.52 Å². The molecule has 3 amide bonds. The molecule has 1 aliphatic heterocycles. The van der Waals surface area contributed by atoms with Crippen LogP contribution in [0.1, 0.15) is 23.3 Å². The summed E-state index contributed by atoms with van der Waals surface area (Å²) in [6.07, 6.45) is 5.04. The SMILES string of the molecule is CN(CC1CCN(C(=O)Nc2ccccc2)CC1)C(=O)c1cc(-c2cccnc2)on1. The van der Waals surface area contributed by atoms with Crippen LogP contribution in [-0.2, 0) is 0 Å². The average molecular weight is 419 g/mol. The van der Waals surface area contributed by atoms with Gasteiger partial charge < -0.3 is 19.6 Å². The number of carbonyl (C=O) groups excluding carboxylic acids is 2. The molecule has 3 heterocycles. The molecule has 31 heavy (non-hydrogen) atoms. The third-order valence-electron chi connectivity index (χ3n) is 5.48. The average Bonchev–Trinajstić information content (AvgIpc) is 3.30. The number of nitrogens with zero attached hydrogens (tertiary/aromatic N) is 4. The first-order valence-electron chi connectivity index (χ1n) is 10.3. The Hall–Kier alpha value is -3.68. The summed E-state index contributed by atoms with van der Waals surface area (Å²) in [7, 11) is 1.77. The van der Waals surface area contributed by atoms with Crippen molar-refractivity contribution in [2.75, 3.05) is 32.0 Å². The lowest BCUT2D eigenvalue weighted by atomic mass is 9.96. The lowest BCUT2D eigenvalue weighted by Crippen LogP contribution is -2.43. The highest BCUT2D eigenvalue weighted by Gasteiger charge is 2.26. The molecule has 0 unspecified atom stereocenters. The number of aromatic nitrogens is 2. The Morgan fingerprint density at radius 1 is 1.16 bits per heavy atom. The maximum atomic E-state index is 12.8. The van der Waals surface area contributed by atoms with Gasteiger partial charge in [0.1, 0.15) is 0 Å². The van der Waals surface area contributed by atoms with Crippen LogP contribution in [0.4, 0.5) is 10.5 Å². The van der Waals surface area contributed by atoms with E-state index in [1.807, 2.05) is 41.3 Å². The third kappa shape index (κ3) is 5.09. The van der Waals surface area contributed by atoms with Gasteiger partial charge in [-0.2, -0.15) is 0 Å². The molecule has 1 N–H and O–H groups in total. The Kier molecular flexibility index (Phi) is 6.26. The van der Waals surface area contributed by atoms with Crippen molar-refractivity contribution in [1.29, 1.82) is 0 Å². The summed E-state index contributed by atoms with van der Waals surface area (Å²) < 4.78 is 5.31. The van der Waals surface area contributed by atoms with E-state index in [0.29, 0.717) is 31.3 Å². The number of benzene rings is 1. The topological polar surface area (TPSA) is 91.6 Å². The normalized spacial score (nSPS) is 14.3. The first-order valence-corrected chi connectivity index (χ1v) is 10.3. The molecule has 1 saturated heterocycles. The predicted octanol–water partition coefficient (Wildman–Crippen LogP) is 3.75. The van der Waals surface area contributed by atoms with Crippen LogP contribution in [0.25, 0.3) is 11.3 Å². The summed E-state index contributed by atoms with van der Waals surface area (Å²) in [5.74, 6) is 0.671. The highest BCUT2D eigenvalue weighted by atomic mass is 16.5. The van der Waals surface area contributed by atoms with Crippen molar-refractivity contribution in [1.82, 2.24) is 19.9 Å². The lowest BCUT2D eigenvalue weighted by Gasteiger charge is -2.33. The van der Waals surface area contributed by atoms with E-state index in [-0.39, 0.29) is 17.6 Å². The number of nitrogens with one attached hydrogen (secondary N) is 1.